The minimum atomic E-state index is 0.218. The highest BCUT2D eigenvalue weighted by Crippen LogP contribution is 2.31. The van der Waals surface area contributed by atoms with Crippen molar-refractivity contribution in [2.45, 2.75) is 44.6 Å². The van der Waals surface area contributed by atoms with Crippen molar-refractivity contribution in [3.63, 3.8) is 0 Å². The molecule has 108 valence electrons. The van der Waals surface area contributed by atoms with Crippen LogP contribution in [0.3, 0.4) is 0 Å². The van der Waals surface area contributed by atoms with Crippen LogP contribution in [0.25, 0.3) is 0 Å². The molecule has 1 unspecified atom stereocenters. The monoisotopic (exact) mass is 266 g/mol. The van der Waals surface area contributed by atoms with Crippen molar-refractivity contribution in [1.29, 1.82) is 0 Å². The summed E-state index contributed by atoms with van der Waals surface area (Å²) in [5.74, 6) is 1.43. The molecule has 0 aromatic heterocycles. The fourth-order valence-electron chi connectivity index (χ4n) is 3.26. The van der Waals surface area contributed by atoms with Crippen molar-refractivity contribution in [3.8, 4) is 0 Å². The van der Waals surface area contributed by atoms with E-state index in [4.69, 9.17) is 4.74 Å². The first-order valence-electron chi connectivity index (χ1n) is 7.92. The van der Waals surface area contributed by atoms with Crippen LogP contribution in [-0.4, -0.2) is 49.7 Å². The van der Waals surface area contributed by atoms with E-state index >= 15 is 0 Å². The average Bonchev–Trinajstić information content (AvgIpc) is 3.24. The summed E-state index contributed by atoms with van der Waals surface area (Å²) in [6, 6.07) is 0.347. The van der Waals surface area contributed by atoms with Gasteiger partial charge in [-0.15, -0.1) is 0 Å². The largest absolute Gasteiger partial charge is 0.381 e. The van der Waals surface area contributed by atoms with Gasteiger partial charge in [-0.1, -0.05) is 0 Å². The Morgan fingerprint density at radius 1 is 1.16 bits per heavy atom. The van der Waals surface area contributed by atoms with E-state index < -0.39 is 0 Å². The second-order valence-corrected chi connectivity index (χ2v) is 6.44. The predicted molar refractivity (Wildman–Crippen MR) is 73.9 cm³/mol. The lowest BCUT2D eigenvalue weighted by Gasteiger charge is -2.33. The van der Waals surface area contributed by atoms with Gasteiger partial charge in [0.1, 0.15) is 0 Å². The molecule has 2 saturated heterocycles. The summed E-state index contributed by atoms with van der Waals surface area (Å²) in [4.78, 5) is 14.8. The van der Waals surface area contributed by atoms with Gasteiger partial charge in [0.2, 0.25) is 5.91 Å². The highest BCUT2D eigenvalue weighted by Gasteiger charge is 2.31. The molecule has 4 heteroatoms. The van der Waals surface area contributed by atoms with Crippen LogP contribution in [0, 0.1) is 11.8 Å². The number of carbonyl (C=O) groups is 1. The zero-order chi connectivity index (χ0) is 13.1. The van der Waals surface area contributed by atoms with E-state index in [2.05, 4.69) is 10.2 Å². The van der Waals surface area contributed by atoms with E-state index in [0.29, 0.717) is 6.04 Å². The SMILES string of the molecule is O=C(NC1CCOCC1)C1CCCN(CC2CC2)C1. The van der Waals surface area contributed by atoms with Gasteiger partial charge in [-0.3, -0.25) is 4.79 Å². The second-order valence-electron chi connectivity index (χ2n) is 6.44. The van der Waals surface area contributed by atoms with E-state index in [9.17, 15) is 4.79 Å². The van der Waals surface area contributed by atoms with E-state index in [0.717, 1.165) is 44.9 Å². The van der Waals surface area contributed by atoms with Gasteiger partial charge in [0.05, 0.1) is 5.92 Å². The number of nitrogens with one attached hydrogen (secondary N) is 1. The fourth-order valence-corrected chi connectivity index (χ4v) is 3.26. The van der Waals surface area contributed by atoms with Crippen LogP contribution >= 0.6 is 0 Å². The van der Waals surface area contributed by atoms with Gasteiger partial charge in [-0.25, -0.2) is 0 Å². The number of hydrogen-bond donors (Lipinski definition) is 1. The summed E-state index contributed by atoms with van der Waals surface area (Å²) < 4.78 is 5.33. The van der Waals surface area contributed by atoms with Crippen LogP contribution in [0.5, 0.6) is 0 Å². The third-order valence-electron chi connectivity index (χ3n) is 4.66. The molecule has 1 saturated carbocycles. The van der Waals surface area contributed by atoms with Crippen molar-refractivity contribution in [2.24, 2.45) is 11.8 Å². The maximum absolute atomic E-state index is 12.3. The lowest BCUT2D eigenvalue weighted by Crippen LogP contribution is -2.47. The molecule has 0 aromatic rings. The van der Waals surface area contributed by atoms with Gasteiger partial charge in [0, 0.05) is 32.3 Å². The first-order valence-corrected chi connectivity index (χ1v) is 7.92. The molecule has 4 nitrogen and oxygen atoms in total. The second kappa shape index (κ2) is 6.23. The Hall–Kier alpha value is -0.610. The Bertz CT molecular complexity index is 311. The summed E-state index contributed by atoms with van der Waals surface area (Å²) in [5.41, 5.74) is 0. The maximum atomic E-state index is 12.3. The van der Waals surface area contributed by atoms with Gasteiger partial charge >= 0.3 is 0 Å². The molecule has 0 spiro atoms. The molecule has 1 aliphatic carbocycles. The highest BCUT2D eigenvalue weighted by molar-refractivity contribution is 5.79. The van der Waals surface area contributed by atoms with E-state index in [1.165, 1.54) is 32.4 Å². The minimum Gasteiger partial charge on any atom is -0.381 e. The number of hydrogen-bond acceptors (Lipinski definition) is 3. The number of nitrogens with zero attached hydrogens (tertiary/aromatic N) is 1. The molecule has 19 heavy (non-hydrogen) atoms. The number of ether oxygens (including phenoxy) is 1. The highest BCUT2D eigenvalue weighted by atomic mass is 16.5. The first kappa shape index (κ1) is 13.4. The van der Waals surface area contributed by atoms with Crippen molar-refractivity contribution < 1.29 is 9.53 Å². The zero-order valence-electron chi connectivity index (χ0n) is 11.8. The number of likely N-dealkylation sites (tertiary alicyclic amines) is 1. The molecular weight excluding hydrogens is 240 g/mol. The van der Waals surface area contributed by atoms with Crippen molar-refractivity contribution in [3.05, 3.63) is 0 Å². The fraction of sp³-hybridized carbons (Fsp3) is 0.933. The lowest BCUT2D eigenvalue weighted by atomic mass is 9.96. The van der Waals surface area contributed by atoms with E-state index in [-0.39, 0.29) is 11.8 Å². The molecule has 2 heterocycles. The Kier molecular flexibility index (Phi) is 4.38. The zero-order valence-corrected chi connectivity index (χ0v) is 11.8. The molecule has 0 aromatic carbocycles. The van der Waals surface area contributed by atoms with Gasteiger partial charge in [-0.2, -0.15) is 0 Å². The lowest BCUT2D eigenvalue weighted by molar-refractivity contribution is -0.128. The van der Waals surface area contributed by atoms with Crippen LogP contribution in [0.15, 0.2) is 0 Å². The summed E-state index contributed by atoms with van der Waals surface area (Å²) in [6.45, 7) is 4.98. The van der Waals surface area contributed by atoms with Crippen molar-refractivity contribution in [1.82, 2.24) is 10.2 Å². The number of piperidine rings is 1. The molecule has 3 aliphatic rings. The molecule has 1 N–H and O–H groups in total. The van der Waals surface area contributed by atoms with Crippen LogP contribution in [0.4, 0.5) is 0 Å². The standard InChI is InChI=1S/C15H26N2O2/c18-15(16-14-5-8-19-9-6-14)13-2-1-7-17(11-13)10-12-3-4-12/h12-14H,1-11H2,(H,16,18). The molecule has 1 atom stereocenters. The Morgan fingerprint density at radius 2 is 1.95 bits per heavy atom. The molecule has 3 fully saturated rings. The topological polar surface area (TPSA) is 41.6 Å². The van der Waals surface area contributed by atoms with Gasteiger partial charge in [0.25, 0.3) is 0 Å². The number of carbonyl (C=O) groups excluding carboxylic acids is 1. The van der Waals surface area contributed by atoms with Crippen molar-refractivity contribution >= 4 is 5.91 Å². The molecule has 1 amide bonds. The smallest absolute Gasteiger partial charge is 0.224 e. The Morgan fingerprint density at radius 3 is 2.68 bits per heavy atom. The third-order valence-corrected chi connectivity index (χ3v) is 4.66. The van der Waals surface area contributed by atoms with Crippen LogP contribution in [-0.2, 0) is 9.53 Å². The summed E-state index contributed by atoms with van der Waals surface area (Å²) in [5, 5.41) is 3.23. The Balaban J connectivity index is 1.45. The predicted octanol–water partition coefficient (Wildman–Crippen LogP) is 1.40. The third kappa shape index (κ3) is 3.93. The van der Waals surface area contributed by atoms with Gasteiger partial charge in [-0.05, 0) is 51.0 Å². The minimum absolute atomic E-state index is 0.218. The molecule has 0 radical (unpaired) electrons. The summed E-state index contributed by atoms with van der Waals surface area (Å²) in [7, 11) is 0. The first-order chi connectivity index (χ1) is 9.31. The Labute approximate surface area is 115 Å². The van der Waals surface area contributed by atoms with Gasteiger partial charge < -0.3 is 15.0 Å². The molecular formula is C15H26N2O2. The molecule has 3 rings (SSSR count). The van der Waals surface area contributed by atoms with Gasteiger partial charge in [0.15, 0.2) is 0 Å². The van der Waals surface area contributed by atoms with Crippen LogP contribution in [0.2, 0.25) is 0 Å². The summed E-state index contributed by atoms with van der Waals surface area (Å²) in [6.07, 6.45) is 6.99. The maximum Gasteiger partial charge on any atom is 0.224 e. The summed E-state index contributed by atoms with van der Waals surface area (Å²) >= 11 is 0. The van der Waals surface area contributed by atoms with E-state index in [1.54, 1.807) is 0 Å². The number of amides is 1. The number of rotatable bonds is 4. The molecule has 2 aliphatic heterocycles. The van der Waals surface area contributed by atoms with Crippen molar-refractivity contribution in [2.75, 3.05) is 32.8 Å². The van der Waals surface area contributed by atoms with E-state index in [1.807, 2.05) is 0 Å². The average molecular weight is 266 g/mol. The molecule has 0 bridgehead atoms. The van der Waals surface area contributed by atoms with Crippen LogP contribution < -0.4 is 5.32 Å². The normalized spacial score (nSPS) is 30.2. The van der Waals surface area contributed by atoms with Crippen LogP contribution in [0.1, 0.15) is 38.5 Å². The quantitative estimate of drug-likeness (QED) is 0.836.